The molecule has 0 fully saturated rings. The lowest BCUT2D eigenvalue weighted by Gasteiger charge is -2.06. The lowest BCUT2D eigenvalue weighted by atomic mass is 10.3. The zero-order valence-corrected chi connectivity index (χ0v) is 13.0. The van der Waals surface area contributed by atoms with Gasteiger partial charge in [0.15, 0.2) is 0 Å². The number of amides is 2. The molecular formula is C14H15N5O5. The molecule has 1 heterocycles. The molecule has 0 aliphatic heterocycles. The van der Waals surface area contributed by atoms with Gasteiger partial charge in [-0.05, 0) is 6.07 Å². The van der Waals surface area contributed by atoms with Gasteiger partial charge in [-0.3, -0.25) is 24.4 Å². The maximum atomic E-state index is 12.0. The first-order valence-corrected chi connectivity index (χ1v) is 6.81. The van der Waals surface area contributed by atoms with Crippen molar-refractivity contribution in [1.82, 2.24) is 15.1 Å². The first kappa shape index (κ1) is 16.9. The molecule has 0 spiro atoms. The maximum absolute atomic E-state index is 12.0. The molecule has 10 heteroatoms. The number of hydrogen-bond acceptors (Lipinski definition) is 6. The van der Waals surface area contributed by atoms with Gasteiger partial charge in [0.2, 0.25) is 11.8 Å². The molecule has 0 aliphatic rings. The number of carbonyl (C=O) groups excluding carboxylic acids is 2. The highest BCUT2D eigenvalue weighted by Gasteiger charge is 2.17. The van der Waals surface area contributed by atoms with Gasteiger partial charge in [0.1, 0.15) is 5.56 Å². The number of nitrogens with zero attached hydrogens (tertiary/aromatic N) is 3. The molecule has 0 saturated carbocycles. The van der Waals surface area contributed by atoms with Crippen LogP contribution < -0.4 is 15.4 Å². The Morgan fingerprint density at radius 3 is 2.83 bits per heavy atom. The summed E-state index contributed by atoms with van der Waals surface area (Å²) in [6.45, 7) is -0.306. The van der Waals surface area contributed by atoms with Gasteiger partial charge in [0.25, 0.3) is 11.6 Å². The van der Waals surface area contributed by atoms with Crippen LogP contribution in [0.25, 0.3) is 0 Å². The minimum atomic E-state index is -0.563. The highest BCUT2D eigenvalue weighted by atomic mass is 16.6. The van der Waals surface area contributed by atoms with Crippen LogP contribution in [0, 0.1) is 10.1 Å². The summed E-state index contributed by atoms with van der Waals surface area (Å²) in [5, 5.41) is 19.5. The number of ether oxygens (including phenoxy) is 1. The summed E-state index contributed by atoms with van der Waals surface area (Å²) >= 11 is 0. The molecular weight excluding hydrogens is 318 g/mol. The number of hydrogen-bond donors (Lipinski definition) is 2. The first-order chi connectivity index (χ1) is 11.4. The largest absolute Gasteiger partial charge is 0.479 e. The zero-order valence-electron chi connectivity index (χ0n) is 13.0. The third kappa shape index (κ3) is 4.06. The molecule has 10 nitrogen and oxygen atoms in total. The summed E-state index contributed by atoms with van der Waals surface area (Å²) in [7, 11) is 3.02. The predicted octanol–water partition coefficient (Wildman–Crippen LogP) is 0.705. The second-order valence-electron chi connectivity index (χ2n) is 4.76. The van der Waals surface area contributed by atoms with Gasteiger partial charge in [0, 0.05) is 31.1 Å². The van der Waals surface area contributed by atoms with Crippen molar-refractivity contribution in [1.29, 1.82) is 0 Å². The molecule has 0 atom stereocenters. The quantitative estimate of drug-likeness (QED) is 0.591. The fraction of sp³-hybridized carbons (Fsp3) is 0.214. The van der Waals surface area contributed by atoms with E-state index in [1.165, 1.54) is 42.3 Å². The van der Waals surface area contributed by atoms with E-state index in [2.05, 4.69) is 15.7 Å². The van der Waals surface area contributed by atoms with E-state index in [9.17, 15) is 19.7 Å². The Morgan fingerprint density at radius 1 is 1.42 bits per heavy atom. The van der Waals surface area contributed by atoms with E-state index < -0.39 is 16.7 Å². The van der Waals surface area contributed by atoms with Gasteiger partial charge in [-0.15, -0.1) is 5.10 Å². The predicted molar refractivity (Wildman–Crippen MR) is 83.8 cm³/mol. The third-order valence-corrected chi connectivity index (χ3v) is 2.98. The van der Waals surface area contributed by atoms with Gasteiger partial charge in [-0.2, -0.15) is 0 Å². The van der Waals surface area contributed by atoms with E-state index in [-0.39, 0.29) is 29.4 Å². The average molecular weight is 333 g/mol. The van der Waals surface area contributed by atoms with Crippen molar-refractivity contribution in [2.45, 2.75) is 0 Å². The molecule has 0 unspecified atom stereocenters. The third-order valence-electron chi connectivity index (χ3n) is 2.98. The van der Waals surface area contributed by atoms with Crippen LogP contribution in [0.15, 0.2) is 30.5 Å². The average Bonchev–Trinajstić information content (AvgIpc) is 2.94. The van der Waals surface area contributed by atoms with E-state index in [1.807, 2.05) is 0 Å². The summed E-state index contributed by atoms with van der Waals surface area (Å²) < 4.78 is 6.38. The molecule has 2 rings (SSSR count). The number of rotatable bonds is 6. The molecule has 2 aromatic rings. The Balaban J connectivity index is 1.94. The number of nitro benzene ring substituents is 1. The number of nitrogens with one attached hydrogen (secondary N) is 2. The highest BCUT2D eigenvalue weighted by Crippen LogP contribution is 2.17. The summed E-state index contributed by atoms with van der Waals surface area (Å²) in [6.07, 6.45) is 1.46. The van der Waals surface area contributed by atoms with Crippen molar-refractivity contribution < 1.29 is 19.2 Å². The van der Waals surface area contributed by atoms with Crippen LogP contribution in [-0.2, 0) is 11.8 Å². The van der Waals surface area contributed by atoms with E-state index in [0.717, 1.165) is 0 Å². The molecule has 1 aromatic carbocycles. The lowest BCUT2D eigenvalue weighted by Crippen LogP contribution is -2.32. The number of carbonyl (C=O) groups is 2. The van der Waals surface area contributed by atoms with Crippen LogP contribution in [0.2, 0.25) is 0 Å². The van der Waals surface area contributed by atoms with Crippen molar-refractivity contribution in [3.05, 3.63) is 46.1 Å². The minimum Gasteiger partial charge on any atom is -0.479 e. The first-order valence-electron chi connectivity index (χ1n) is 6.81. The van der Waals surface area contributed by atoms with Crippen molar-refractivity contribution in [2.24, 2.45) is 7.05 Å². The van der Waals surface area contributed by atoms with E-state index >= 15 is 0 Å². The van der Waals surface area contributed by atoms with E-state index in [4.69, 9.17) is 4.74 Å². The van der Waals surface area contributed by atoms with Crippen molar-refractivity contribution in [2.75, 3.05) is 19.0 Å². The summed E-state index contributed by atoms with van der Waals surface area (Å²) in [5.74, 6) is -0.894. The number of non-ortho nitro benzene ring substituents is 1. The maximum Gasteiger partial charge on any atom is 0.271 e. The molecule has 0 radical (unpaired) electrons. The van der Waals surface area contributed by atoms with Crippen molar-refractivity contribution in [3.63, 3.8) is 0 Å². The van der Waals surface area contributed by atoms with Crippen molar-refractivity contribution >= 4 is 23.2 Å². The standard InChI is InChI=1S/C14H15N5O5/c1-18-8-11(14(17-18)24-2)13(21)15-7-12(20)16-9-4-3-5-10(6-9)19(22)23/h3-6,8H,7H2,1-2H3,(H,15,21)(H,16,20). The second kappa shape index (κ2) is 7.22. The molecule has 0 bridgehead atoms. The van der Waals surface area contributed by atoms with Gasteiger partial charge < -0.3 is 15.4 Å². The smallest absolute Gasteiger partial charge is 0.271 e. The summed E-state index contributed by atoms with van der Waals surface area (Å²) in [5.41, 5.74) is 0.322. The fourth-order valence-corrected chi connectivity index (χ4v) is 1.93. The topological polar surface area (TPSA) is 128 Å². The number of anilines is 1. The van der Waals surface area contributed by atoms with E-state index in [1.54, 1.807) is 7.05 Å². The lowest BCUT2D eigenvalue weighted by molar-refractivity contribution is -0.384. The second-order valence-corrected chi connectivity index (χ2v) is 4.76. The Morgan fingerprint density at radius 2 is 2.17 bits per heavy atom. The van der Waals surface area contributed by atoms with Crippen LogP contribution >= 0.6 is 0 Å². The van der Waals surface area contributed by atoms with E-state index in [0.29, 0.717) is 0 Å². The monoisotopic (exact) mass is 333 g/mol. The summed E-state index contributed by atoms with van der Waals surface area (Å²) in [4.78, 5) is 34.0. The Labute approximate surface area is 136 Å². The highest BCUT2D eigenvalue weighted by molar-refractivity contribution is 6.00. The van der Waals surface area contributed by atoms with Crippen LogP contribution in [0.1, 0.15) is 10.4 Å². The molecule has 1 aromatic heterocycles. The van der Waals surface area contributed by atoms with Gasteiger partial charge in [0.05, 0.1) is 18.6 Å². The molecule has 126 valence electrons. The minimum absolute atomic E-state index is 0.142. The molecule has 2 N–H and O–H groups in total. The zero-order chi connectivity index (χ0) is 17.7. The molecule has 2 amide bonds. The number of methoxy groups -OCH3 is 1. The van der Waals surface area contributed by atoms with Crippen LogP contribution in [0.5, 0.6) is 5.88 Å². The van der Waals surface area contributed by atoms with Crippen LogP contribution in [0.4, 0.5) is 11.4 Å². The number of nitro groups is 1. The van der Waals surface area contributed by atoms with Gasteiger partial charge in [-0.25, -0.2) is 0 Å². The Kier molecular flexibility index (Phi) is 5.09. The van der Waals surface area contributed by atoms with Gasteiger partial charge >= 0.3 is 0 Å². The molecule has 0 aliphatic carbocycles. The Hall–Kier alpha value is -3.43. The van der Waals surface area contributed by atoms with Crippen molar-refractivity contribution in [3.8, 4) is 5.88 Å². The summed E-state index contributed by atoms with van der Waals surface area (Å²) in [6, 6.07) is 5.50. The normalized spacial score (nSPS) is 10.1. The van der Waals surface area contributed by atoms with Crippen LogP contribution in [-0.4, -0.2) is 40.2 Å². The Bertz CT molecular complexity index is 786. The van der Waals surface area contributed by atoms with Crippen LogP contribution in [0.3, 0.4) is 0 Å². The molecule has 24 heavy (non-hydrogen) atoms. The fourth-order valence-electron chi connectivity index (χ4n) is 1.93. The number of aromatic nitrogens is 2. The molecule has 0 saturated heterocycles. The number of aryl methyl sites for hydroxylation is 1. The SMILES string of the molecule is COc1nn(C)cc1C(=O)NCC(=O)Nc1cccc([N+](=O)[O-])c1. The number of benzene rings is 1. The van der Waals surface area contributed by atoms with Gasteiger partial charge in [-0.1, -0.05) is 6.07 Å².